The van der Waals surface area contributed by atoms with E-state index in [9.17, 15) is 0 Å². The number of hydrogen-bond donors (Lipinski definition) is 1. The van der Waals surface area contributed by atoms with E-state index in [1.54, 1.807) is 0 Å². The first-order valence-electron chi connectivity index (χ1n) is 12.6. The first kappa shape index (κ1) is 22.6. The zero-order valence-corrected chi connectivity index (χ0v) is 20.6. The number of nitrogens with zero attached hydrogens (tertiary/aromatic N) is 1. The molecule has 0 radical (unpaired) electrons. The lowest BCUT2D eigenvalue weighted by Gasteiger charge is -2.14. The Morgan fingerprint density at radius 1 is 0.730 bits per heavy atom. The third-order valence-electron chi connectivity index (χ3n) is 7.07. The number of allylic oxidation sites excluding steroid dienone is 3. The third-order valence-corrected chi connectivity index (χ3v) is 7.07. The fraction of sp³-hybridized carbons (Fsp3) is 0.0286. The largest absolute Gasteiger partial charge is 0.398 e. The molecule has 0 amide bonds. The first-order valence-corrected chi connectivity index (χ1v) is 12.6. The SMILES string of the molecule is C=C/C(=C\Cc1ccccc1-c1cc2c(ccc3c2ccn3-c2ccccc2)cc1N)c1ccccc1. The molecule has 178 valence electrons. The van der Waals surface area contributed by atoms with E-state index in [4.69, 9.17) is 5.73 Å². The molecular formula is C35H28N2. The second kappa shape index (κ2) is 9.67. The van der Waals surface area contributed by atoms with Crippen LogP contribution in [-0.2, 0) is 6.42 Å². The normalized spacial score (nSPS) is 11.7. The Bertz CT molecular complexity index is 1760. The molecule has 0 saturated carbocycles. The van der Waals surface area contributed by atoms with Crippen LogP contribution in [0.4, 0.5) is 5.69 Å². The van der Waals surface area contributed by atoms with Crippen molar-refractivity contribution < 1.29 is 0 Å². The van der Waals surface area contributed by atoms with Crippen molar-refractivity contribution in [2.45, 2.75) is 6.42 Å². The molecule has 2 nitrogen and oxygen atoms in total. The molecule has 5 aromatic carbocycles. The van der Waals surface area contributed by atoms with Crippen molar-refractivity contribution >= 4 is 32.9 Å². The fourth-order valence-electron chi connectivity index (χ4n) is 5.19. The van der Waals surface area contributed by atoms with E-state index in [2.05, 4.69) is 127 Å². The molecular weight excluding hydrogens is 448 g/mol. The van der Waals surface area contributed by atoms with E-state index in [0.29, 0.717) is 0 Å². The van der Waals surface area contributed by atoms with E-state index >= 15 is 0 Å². The zero-order chi connectivity index (χ0) is 25.2. The van der Waals surface area contributed by atoms with Crippen LogP contribution in [0, 0.1) is 0 Å². The Morgan fingerprint density at radius 2 is 1.46 bits per heavy atom. The zero-order valence-electron chi connectivity index (χ0n) is 20.6. The molecule has 1 aromatic heterocycles. The Labute approximate surface area is 217 Å². The van der Waals surface area contributed by atoms with E-state index < -0.39 is 0 Å². The van der Waals surface area contributed by atoms with Gasteiger partial charge in [-0.05, 0) is 75.9 Å². The Hall–Kier alpha value is -4.82. The summed E-state index contributed by atoms with van der Waals surface area (Å²) in [6, 6.07) is 40.3. The maximum absolute atomic E-state index is 6.66. The van der Waals surface area contributed by atoms with E-state index in [1.807, 2.05) is 18.2 Å². The summed E-state index contributed by atoms with van der Waals surface area (Å²) in [6.45, 7) is 4.04. The van der Waals surface area contributed by atoms with Crippen LogP contribution in [0.15, 0.2) is 140 Å². The van der Waals surface area contributed by atoms with Gasteiger partial charge in [0.05, 0.1) is 5.52 Å². The van der Waals surface area contributed by atoms with Crippen molar-refractivity contribution in [3.05, 3.63) is 151 Å². The summed E-state index contributed by atoms with van der Waals surface area (Å²) in [5.74, 6) is 0. The summed E-state index contributed by atoms with van der Waals surface area (Å²) in [5, 5.41) is 3.57. The minimum atomic E-state index is 0.790. The van der Waals surface area contributed by atoms with Gasteiger partial charge in [-0.3, -0.25) is 0 Å². The maximum atomic E-state index is 6.66. The quantitative estimate of drug-likeness (QED) is 0.189. The van der Waals surface area contributed by atoms with Gasteiger partial charge in [-0.15, -0.1) is 0 Å². The lowest BCUT2D eigenvalue weighted by atomic mass is 9.92. The van der Waals surface area contributed by atoms with Crippen molar-refractivity contribution in [1.29, 1.82) is 0 Å². The molecule has 2 heteroatoms. The molecule has 0 unspecified atom stereocenters. The second-order valence-electron chi connectivity index (χ2n) is 9.27. The molecule has 0 aliphatic rings. The number of anilines is 1. The van der Waals surface area contributed by atoms with Crippen molar-refractivity contribution in [2.75, 3.05) is 5.73 Å². The predicted molar refractivity (Wildman–Crippen MR) is 159 cm³/mol. The minimum Gasteiger partial charge on any atom is -0.398 e. The minimum absolute atomic E-state index is 0.790. The van der Waals surface area contributed by atoms with Crippen LogP contribution < -0.4 is 5.73 Å². The van der Waals surface area contributed by atoms with Gasteiger partial charge in [0.1, 0.15) is 0 Å². The molecule has 6 aromatic rings. The third kappa shape index (κ3) is 4.23. The Kier molecular flexibility index (Phi) is 5.92. The number of rotatable bonds is 6. The molecule has 1 heterocycles. The van der Waals surface area contributed by atoms with E-state index in [1.165, 1.54) is 27.4 Å². The van der Waals surface area contributed by atoms with Gasteiger partial charge in [0.2, 0.25) is 0 Å². The van der Waals surface area contributed by atoms with Gasteiger partial charge in [-0.2, -0.15) is 0 Å². The maximum Gasteiger partial charge on any atom is 0.0534 e. The number of aromatic nitrogens is 1. The van der Waals surface area contributed by atoms with E-state index in [-0.39, 0.29) is 0 Å². The molecule has 6 rings (SSSR count). The highest BCUT2D eigenvalue weighted by molar-refractivity contribution is 6.10. The van der Waals surface area contributed by atoms with Crippen LogP contribution in [-0.4, -0.2) is 4.57 Å². The van der Waals surface area contributed by atoms with Gasteiger partial charge in [0, 0.05) is 28.5 Å². The topological polar surface area (TPSA) is 30.9 Å². The average Bonchev–Trinajstić information content (AvgIpc) is 3.39. The summed E-state index contributed by atoms with van der Waals surface area (Å²) in [5.41, 5.74) is 15.6. The highest BCUT2D eigenvalue weighted by atomic mass is 15.0. The molecule has 37 heavy (non-hydrogen) atoms. The molecule has 0 saturated heterocycles. The summed E-state index contributed by atoms with van der Waals surface area (Å²) < 4.78 is 2.24. The van der Waals surface area contributed by atoms with Crippen LogP contribution in [0.1, 0.15) is 11.1 Å². The number of para-hydroxylation sites is 1. The molecule has 0 atom stereocenters. The van der Waals surface area contributed by atoms with Crippen molar-refractivity contribution in [2.24, 2.45) is 0 Å². The van der Waals surface area contributed by atoms with Crippen molar-refractivity contribution in [3.63, 3.8) is 0 Å². The van der Waals surface area contributed by atoms with Gasteiger partial charge in [0.25, 0.3) is 0 Å². The summed E-state index contributed by atoms with van der Waals surface area (Å²) in [4.78, 5) is 0. The lowest BCUT2D eigenvalue weighted by Crippen LogP contribution is -1.95. The van der Waals surface area contributed by atoms with Crippen LogP contribution in [0.5, 0.6) is 0 Å². The van der Waals surface area contributed by atoms with Gasteiger partial charge < -0.3 is 10.3 Å². The first-order chi connectivity index (χ1) is 18.2. The monoisotopic (exact) mass is 476 g/mol. The molecule has 0 fully saturated rings. The predicted octanol–water partition coefficient (Wildman–Crippen LogP) is 8.85. The van der Waals surface area contributed by atoms with Gasteiger partial charge >= 0.3 is 0 Å². The molecule has 0 aliphatic carbocycles. The Balaban J connectivity index is 1.46. The molecule has 2 N–H and O–H groups in total. The number of benzene rings is 5. The van der Waals surface area contributed by atoms with Crippen LogP contribution in [0.3, 0.4) is 0 Å². The summed E-state index contributed by atoms with van der Waals surface area (Å²) >= 11 is 0. The van der Waals surface area contributed by atoms with Crippen LogP contribution in [0.25, 0.3) is 44.1 Å². The number of fused-ring (bicyclic) bond motifs is 3. The van der Waals surface area contributed by atoms with Gasteiger partial charge in [0.15, 0.2) is 0 Å². The van der Waals surface area contributed by atoms with Crippen molar-refractivity contribution in [3.8, 4) is 16.8 Å². The highest BCUT2D eigenvalue weighted by Gasteiger charge is 2.13. The number of hydrogen-bond acceptors (Lipinski definition) is 1. The molecule has 0 aliphatic heterocycles. The average molecular weight is 477 g/mol. The number of nitrogen functional groups attached to an aromatic ring is 1. The summed E-state index contributed by atoms with van der Waals surface area (Å²) in [7, 11) is 0. The Morgan fingerprint density at radius 3 is 2.24 bits per heavy atom. The lowest BCUT2D eigenvalue weighted by molar-refractivity contribution is 1.13. The van der Waals surface area contributed by atoms with Crippen LogP contribution >= 0.6 is 0 Å². The molecule has 0 spiro atoms. The summed E-state index contributed by atoms with van der Waals surface area (Å²) in [6.07, 6.45) is 7.11. The number of nitrogens with two attached hydrogens (primary N) is 1. The van der Waals surface area contributed by atoms with Crippen LogP contribution in [0.2, 0.25) is 0 Å². The van der Waals surface area contributed by atoms with Gasteiger partial charge in [-0.1, -0.05) is 97.6 Å². The standard InChI is InChI=1S/C35H28N2/c1-2-25(26-11-5-3-6-12-26)17-18-27-13-9-10-16-30(27)33-24-32-28(23-34(33)36)19-20-35-31(32)21-22-37(35)29-14-7-4-8-15-29/h2-17,19-24H,1,18,36H2/b25-17+. The highest BCUT2D eigenvalue weighted by Crippen LogP contribution is 2.37. The van der Waals surface area contributed by atoms with E-state index in [0.717, 1.165) is 39.9 Å². The second-order valence-corrected chi connectivity index (χ2v) is 9.27. The van der Waals surface area contributed by atoms with Crippen molar-refractivity contribution in [1.82, 2.24) is 4.57 Å². The molecule has 0 bridgehead atoms. The smallest absolute Gasteiger partial charge is 0.0534 e. The fourth-order valence-corrected chi connectivity index (χ4v) is 5.19. The van der Waals surface area contributed by atoms with Gasteiger partial charge in [-0.25, -0.2) is 0 Å².